The van der Waals surface area contributed by atoms with Crippen molar-refractivity contribution in [2.24, 2.45) is 5.92 Å². The molecule has 0 saturated carbocycles. The SMILES string of the molecule is CC[C@H](C)[C@H](NC(=O)[C@H](Cc1ccc(OC2CCCCO2)cc1)NC(=O)[C@H](C)O)C(=O)N[C@@H](C)C(=O)O. The molecule has 0 bridgehead atoms. The average Bonchev–Trinajstić information content (AvgIpc) is 2.87. The third-order valence-corrected chi connectivity index (χ3v) is 6.30. The van der Waals surface area contributed by atoms with E-state index in [2.05, 4.69) is 16.0 Å². The molecule has 37 heavy (non-hydrogen) atoms. The lowest BCUT2D eigenvalue weighted by Gasteiger charge is -2.27. The van der Waals surface area contributed by atoms with Gasteiger partial charge in [-0.1, -0.05) is 32.4 Å². The van der Waals surface area contributed by atoms with Crippen LogP contribution in [0.3, 0.4) is 0 Å². The number of hydrogen-bond acceptors (Lipinski definition) is 7. The van der Waals surface area contributed by atoms with Crippen LogP contribution in [0.25, 0.3) is 0 Å². The van der Waals surface area contributed by atoms with E-state index in [-0.39, 0.29) is 18.6 Å². The minimum Gasteiger partial charge on any atom is -0.480 e. The molecule has 1 aliphatic heterocycles. The van der Waals surface area contributed by atoms with Crippen molar-refractivity contribution in [2.45, 2.75) is 90.3 Å². The van der Waals surface area contributed by atoms with Gasteiger partial charge in [-0.2, -0.15) is 0 Å². The van der Waals surface area contributed by atoms with Crippen LogP contribution in [0.5, 0.6) is 5.75 Å². The molecule has 1 heterocycles. The first-order chi connectivity index (χ1) is 17.5. The van der Waals surface area contributed by atoms with Crippen molar-refractivity contribution >= 4 is 23.7 Å². The van der Waals surface area contributed by atoms with E-state index in [0.29, 0.717) is 24.3 Å². The molecular weight excluding hydrogens is 482 g/mol. The third kappa shape index (κ3) is 9.66. The van der Waals surface area contributed by atoms with Crippen LogP contribution in [-0.4, -0.2) is 71.0 Å². The number of aliphatic carboxylic acids is 1. The zero-order chi connectivity index (χ0) is 27.5. The summed E-state index contributed by atoms with van der Waals surface area (Å²) >= 11 is 0. The molecule has 6 atom stereocenters. The van der Waals surface area contributed by atoms with Gasteiger partial charge in [0.1, 0.15) is 30.0 Å². The molecule has 1 aromatic carbocycles. The predicted octanol–water partition coefficient (Wildman–Crippen LogP) is 1.12. The molecule has 0 aromatic heterocycles. The van der Waals surface area contributed by atoms with Gasteiger partial charge >= 0.3 is 5.97 Å². The Morgan fingerprint density at radius 2 is 1.68 bits per heavy atom. The van der Waals surface area contributed by atoms with E-state index in [0.717, 1.165) is 19.3 Å². The van der Waals surface area contributed by atoms with E-state index < -0.39 is 47.9 Å². The minimum atomic E-state index is -1.34. The molecule has 1 fully saturated rings. The van der Waals surface area contributed by atoms with Crippen molar-refractivity contribution in [3.8, 4) is 5.75 Å². The van der Waals surface area contributed by atoms with Gasteiger partial charge in [0.05, 0.1) is 6.61 Å². The van der Waals surface area contributed by atoms with Gasteiger partial charge in [0.15, 0.2) is 6.29 Å². The van der Waals surface area contributed by atoms with Crippen molar-refractivity contribution in [1.29, 1.82) is 0 Å². The van der Waals surface area contributed by atoms with Crippen molar-refractivity contribution in [1.82, 2.24) is 16.0 Å². The number of amides is 3. The second kappa shape index (κ2) is 14.5. The topological polar surface area (TPSA) is 163 Å². The van der Waals surface area contributed by atoms with Crippen LogP contribution in [0.2, 0.25) is 0 Å². The van der Waals surface area contributed by atoms with Gasteiger partial charge in [0.2, 0.25) is 17.7 Å². The fourth-order valence-electron chi connectivity index (χ4n) is 3.72. The highest BCUT2D eigenvalue weighted by Gasteiger charge is 2.32. The molecule has 3 amide bonds. The predicted molar refractivity (Wildman–Crippen MR) is 135 cm³/mol. The maximum Gasteiger partial charge on any atom is 0.325 e. The Balaban J connectivity index is 2.15. The summed E-state index contributed by atoms with van der Waals surface area (Å²) in [5.74, 6) is -2.90. The maximum atomic E-state index is 13.2. The summed E-state index contributed by atoms with van der Waals surface area (Å²) in [6.45, 7) is 6.87. The number of nitrogens with one attached hydrogen (secondary N) is 3. The maximum absolute atomic E-state index is 13.2. The van der Waals surface area contributed by atoms with Gasteiger partial charge in [-0.15, -0.1) is 0 Å². The molecule has 11 heteroatoms. The molecule has 0 spiro atoms. The molecule has 1 aliphatic rings. The monoisotopic (exact) mass is 521 g/mol. The van der Waals surface area contributed by atoms with Gasteiger partial charge in [-0.3, -0.25) is 19.2 Å². The molecule has 1 unspecified atom stereocenters. The lowest BCUT2D eigenvalue weighted by Crippen LogP contribution is -2.58. The number of benzene rings is 1. The number of aliphatic hydroxyl groups is 1. The largest absolute Gasteiger partial charge is 0.480 e. The fraction of sp³-hybridized carbons (Fsp3) is 0.615. The average molecular weight is 522 g/mol. The first kappa shape index (κ1) is 30.0. The van der Waals surface area contributed by atoms with E-state index in [9.17, 15) is 24.3 Å². The van der Waals surface area contributed by atoms with Gasteiger partial charge in [-0.25, -0.2) is 0 Å². The van der Waals surface area contributed by atoms with Crippen molar-refractivity contribution in [3.63, 3.8) is 0 Å². The highest BCUT2D eigenvalue weighted by molar-refractivity contribution is 5.94. The van der Waals surface area contributed by atoms with E-state index in [4.69, 9.17) is 14.6 Å². The van der Waals surface area contributed by atoms with Crippen LogP contribution < -0.4 is 20.7 Å². The summed E-state index contributed by atoms with van der Waals surface area (Å²) < 4.78 is 11.4. The van der Waals surface area contributed by atoms with Crippen molar-refractivity contribution < 1.29 is 38.9 Å². The number of ether oxygens (including phenoxy) is 2. The number of carboxylic acids is 1. The summed E-state index contributed by atoms with van der Waals surface area (Å²) in [4.78, 5) is 49.4. The van der Waals surface area contributed by atoms with Crippen LogP contribution in [0, 0.1) is 5.92 Å². The van der Waals surface area contributed by atoms with Gasteiger partial charge in [-0.05, 0) is 50.3 Å². The van der Waals surface area contributed by atoms with Crippen molar-refractivity contribution in [2.75, 3.05) is 6.61 Å². The zero-order valence-electron chi connectivity index (χ0n) is 21.9. The number of carboxylic acid groups (broad SMARTS) is 1. The molecule has 1 saturated heterocycles. The molecule has 206 valence electrons. The second-order valence-electron chi connectivity index (χ2n) is 9.44. The molecule has 2 rings (SSSR count). The van der Waals surface area contributed by atoms with E-state index >= 15 is 0 Å². The normalized spacial score (nSPS) is 19.4. The molecular formula is C26H39N3O8. The second-order valence-corrected chi connectivity index (χ2v) is 9.44. The van der Waals surface area contributed by atoms with Gasteiger partial charge in [0.25, 0.3) is 0 Å². The highest BCUT2D eigenvalue weighted by Crippen LogP contribution is 2.20. The quantitative estimate of drug-likeness (QED) is 0.258. The number of aliphatic hydroxyl groups excluding tert-OH is 1. The standard InChI is InChI=1S/C26H39N3O8/c1-5-15(2)22(25(33)27-16(3)26(34)35)29-24(32)20(28-23(31)17(4)30)14-18-9-11-19(12-10-18)37-21-8-6-7-13-36-21/h9-12,15-17,20-22,30H,5-8,13-14H2,1-4H3,(H,27,33)(H,28,31)(H,29,32)(H,34,35)/t15-,16-,17-,20-,21?,22-/m0/s1. The van der Waals surface area contributed by atoms with Crippen LogP contribution in [0.15, 0.2) is 24.3 Å². The third-order valence-electron chi connectivity index (χ3n) is 6.30. The lowest BCUT2D eigenvalue weighted by molar-refractivity contribution is -0.142. The molecule has 11 nitrogen and oxygen atoms in total. The highest BCUT2D eigenvalue weighted by atomic mass is 16.7. The van der Waals surface area contributed by atoms with E-state index in [1.165, 1.54) is 13.8 Å². The van der Waals surface area contributed by atoms with Gasteiger partial charge < -0.3 is 35.6 Å². The number of rotatable bonds is 13. The summed E-state index contributed by atoms with van der Waals surface area (Å²) in [6.07, 6.45) is 1.85. The van der Waals surface area contributed by atoms with E-state index in [1.807, 2.05) is 6.92 Å². The summed E-state index contributed by atoms with van der Waals surface area (Å²) in [5.41, 5.74) is 0.715. The smallest absolute Gasteiger partial charge is 0.325 e. The summed E-state index contributed by atoms with van der Waals surface area (Å²) in [6, 6.07) is 3.79. The first-order valence-electron chi connectivity index (χ1n) is 12.7. The number of carbonyl (C=O) groups excluding carboxylic acids is 3. The van der Waals surface area contributed by atoms with Crippen LogP contribution in [-0.2, 0) is 30.3 Å². The zero-order valence-corrected chi connectivity index (χ0v) is 21.9. The Morgan fingerprint density at radius 3 is 2.22 bits per heavy atom. The Hall–Kier alpha value is -3.18. The Bertz CT molecular complexity index is 915. The minimum absolute atomic E-state index is 0.0882. The fourth-order valence-corrected chi connectivity index (χ4v) is 3.72. The lowest BCUT2D eigenvalue weighted by atomic mass is 9.96. The Labute approximate surface area is 217 Å². The molecule has 0 aliphatic carbocycles. The van der Waals surface area contributed by atoms with Crippen LogP contribution >= 0.6 is 0 Å². The summed E-state index contributed by atoms with van der Waals surface area (Å²) in [5, 5.41) is 26.4. The molecule has 0 radical (unpaired) electrons. The van der Waals surface area contributed by atoms with Crippen LogP contribution in [0.4, 0.5) is 0 Å². The molecule has 5 N–H and O–H groups in total. The summed E-state index contributed by atoms with van der Waals surface area (Å²) in [7, 11) is 0. The number of hydrogen-bond donors (Lipinski definition) is 5. The Morgan fingerprint density at radius 1 is 1.00 bits per heavy atom. The Kier molecular flexibility index (Phi) is 11.8. The molecule has 1 aromatic rings. The van der Waals surface area contributed by atoms with E-state index in [1.54, 1.807) is 31.2 Å². The van der Waals surface area contributed by atoms with Crippen LogP contribution in [0.1, 0.15) is 58.9 Å². The van der Waals surface area contributed by atoms with Gasteiger partial charge in [0, 0.05) is 12.8 Å². The first-order valence-corrected chi connectivity index (χ1v) is 12.7. The number of carbonyl (C=O) groups is 4. The van der Waals surface area contributed by atoms with Crippen molar-refractivity contribution in [3.05, 3.63) is 29.8 Å².